The minimum absolute atomic E-state index is 0.00803. The van der Waals surface area contributed by atoms with Crippen LogP contribution >= 0.6 is 0 Å². The fourth-order valence-electron chi connectivity index (χ4n) is 3.99. The van der Waals surface area contributed by atoms with E-state index in [1.54, 1.807) is 32.1 Å². The maximum atomic E-state index is 12.9. The van der Waals surface area contributed by atoms with Crippen LogP contribution in [-0.2, 0) is 20.7 Å². The fourth-order valence-corrected chi connectivity index (χ4v) is 3.99. The molecule has 1 fully saturated rings. The van der Waals surface area contributed by atoms with Crippen molar-refractivity contribution in [2.45, 2.75) is 26.7 Å². The Morgan fingerprint density at radius 2 is 1.89 bits per heavy atom. The van der Waals surface area contributed by atoms with Gasteiger partial charge in [-0.05, 0) is 38.0 Å². The van der Waals surface area contributed by atoms with Crippen LogP contribution in [0.3, 0.4) is 0 Å². The van der Waals surface area contributed by atoms with E-state index in [1.807, 2.05) is 12.1 Å². The summed E-state index contributed by atoms with van der Waals surface area (Å²) < 4.78 is 20.9. The number of hydrogen-bond donors (Lipinski definition) is 2. The zero-order valence-corrected chi connectivity index (χ0v) is 20.1. The molecule has 3 amide bonds. The van der Waals surface area contributed by atoms with E-state index >= 15 is 0 Å². The van der Waals surface area contributed by atoms with Crippen molar-refractivity contribution in [3.63, 3.8) is 0 Å². The molecule has 1 saturated heterocycles. The van der Waals surface area contributed by atoms with Gasteiger partial charge >= 0.3 is 5.97 Å². The van der Waals surface area contributed by atoms with E-state index in [0.29, 0.717) is 24.5 Å². The van der Waals surface area contributed by atoms with E-state index in [9.17, 15) is 19.2 Å². The van der Waals surface area contributed by atoms with Gasteiger partial charge in [0.15, 0.2) is 11.5 Å². The first kappa shape index (κ1) is 25.6. The van der Waals surface area contributed by atoms with Crippen molar-refractivity contribution in [2.24, 2.45) is 11.7 Å². The topological polar surface area (TPSA) is 150 Å². The molecule has 0 saturated carbocycles. The first-order chi connectivity index (χ1) is 16.7. The number of rotatable bonds is 10. The van der Waals surface area contributed by atoms with Crippen molar-refractivity contribution >= 4 is 29.6 Å². The SMILES string of the molecule is CCOC(=O)c1c(C)oc(NC(=O)C2CC(=O)N(CCc3ccc(OC)c(OC)c3)C2)c1C(N)=O. The molecule has 0 spiro atoms. The zero-order valence-electron chi connectivity index (χ0n) is 20.1. The Bertz CT molecular complexity index is 1140. The molecule has 3 rings (SSSR count). The molecule has 3 N–H and O–H groups in total. The third kappa shape index (κ3) is 5.56. The molecule has 1 unspecified atom stereocenters. The van der Waals surface area contributed by atoms with Crippen LogP contribution in [0.2, 0.25) is 0 Å². The highest BCUT2D eigenvalue weighted by Gasteiger charge is 2.36. The summed E-state index contributed by atoms with van der Waals surface area (Å²) >= 11 is 0. The summed E-state index contributed by atoms with van der Waals surface area (Å²) in [4.78, 5) is 51.2. The normalized spacial score (nSPS) is 15.1. The number of aryl methyl sites for hydroxylation is 1. The lowest BCUT2D eigenvalue weighted by molar-refractivity contribution is -0.128. The number of nitrogens with one attached hydrogen (secondary N) is 1. The second-order valence-corrected chi connectivity index (χ2v) is 7.99. The van der Waals surface area contributed by atoms with E-state index in [4.69, 9.17) is 24.4 Å². The summed E-state index contributed by atoms with van der Waals surface area (Å²) in [5.74, 6) is -2.01. The second kappa shape index (κ2) is 10.9. The van der Waals surface area contributed by atoms with Crippen LogP contribution in [0.15, 0.2) is 22.6 Å². The number of furan rings is 1. The van der Waals surface area contributed by atoms with Crippen molar-refractivity contribution in [2.75, 3.05) is 39.2 Å². The van der Waals surface area contributed by atoms with Crippen LogP contribution in [0, 0.1) is 12.8 Å². The number of anilines is 1. The number of likely N-dealkylation sites (tertiary alicyclic amines) is 1. The third-order valence-electron chi connectivity index (χ3n) is 5.75. The Labute approximate surface area is 202 Å². The largest absolute Gasteiger partial charge is 0.493 e. The van der Waals surface area contributed by atoms with E-state index in [1.165, 1.54) is 6.92 Å². The number of primary amides is 1. The zero-order chi connectivity index (χ0) is 25.7. The number of benzene rings is 1. The Balaban J connectivity index is 1.67. The third-order valence-corrected chi connectivity index (χ3v) is 5.75. The van der Waals surface area contributed by atoms with Gasteiger partial charge in [-0.25, -0.2) is 4.79 Å². The Kier molecular flexibility index (Phi) is 8.00. The van der Waals surface area contributed by atoms with Crippen molar-refractivity contribution in [3.05, 3.63) is 40.6 Å². The van der Waals surface area contributed by atoms with E-state index < -0.39 is 23.7 Å². The molecule has 1 aliphatic rings. The molecule has 0 bridgehead atoms. The van der Waals surface area contributed by atoms with Crippen molar-refractivity contribution < 1.29 is 37.8 Å². The number of nitrogens with two attached hydrogens (primary N) is 1. The molecule has 2 heterocycles. The smallest absolute Gasteiger partial charge is 0.342 e. The molecule has 35 heavy (non-hydrogen) atoms. The molecule has 1 aromatic carbocycles. The molecule has 1 atom stereocenters. The van der Waals surface area contributed by atoms with Gasteiger partial charge in [-0.3, -0.25) is 19.7 Å². The van der Waals surface area contributed by atoms with Gasteiger partial charge in [-0.15, -0.1) is 0 Å². The molecule has 0 aliphatic carbocycles. The summed E-state index contributed by atoms with van der Waals surface area (Å²) in [6, 6.07) is 5.52. The molecule has 188 valence electrons. The van der Waals surface area contributed by atoms with Crippen LogP contribution in [0.1, 0.15) is 45.4 Å². The number of hydrogen-bond acceptors (Lipinski definition) is 8. The highest BCUT2D eigenvalue weighted by atomic mass is 16.5. The van der Waals surface area contributed by atoms with Gasteiger partial charge in [0, 0.05) is 19.5 Å². The minimum atomic E-state index is -0.945. The number of ether oxygens (including phenoxy) is 3. The van der Waals surface area contributed by atoms with Crippen molar-refractivity contribution in [1.82, 2.24) is 4.90 Å². The first-order valence-corrected chi connectivity index (χ1v) is 11.1. The molecule has 1 aliphatic heterocycles. The van der Waals surface area contributed by atoms with Gasteiger partial charge in [0.2, 0.25) is 17.7 Å². The average molecular weight is 488 g/mol. The average Bonchev–Trinajstić information content (AvgIpc) is 3.36. The Morgan fingerprint density at radius 1 is 1.17 bits per heavy atom. The van der Waals surface area contributed by atoms with Gasteiger partial charge in [-0.2, -0.15) is 0 Å². The lowest BCUT2D eigenvalue weighted by atomic mass is 10.1. The van der Waals surface area contributed by atoms with Crippen molar-refractivity contribution in [3.8, 4) is 11.5 Å². The van der Waals surface area contributed by atoms with E-state index in [-0.39, 0.29) is 48.3 Å². The lowest BCUT2D eigenvalue weighted by Gasteiger charge is -2.17. The fraction of sp³-hybridized carbons (Fsp3) is 0.417. The monoisotopic (exact) mass is 487 g/mol. The summed E-state index contributed by atoms with van der Waals surface area (Å²) in [6.07, 6.45) is 0.570. The van der Waals surface area contributed by atoms with Gasteiger partial charge in [0.1, 0.15) is 16.9 Å². The molecule has 0 radical (unpaired) electrons. The quantitative estimate of drug-likeness (QED) is 0.483. The predicted octanol–water partition coefficient (Wildman–Crippen LogP) is 1.91. The number of esters is 1. The molecule has 2 aromatic rings. The lowest BCUT2D eigenvalue weighted by Crippen LogP contribution is -2.30. The van der Waals surface area contributed by atoms with E-state index in [0.717, 1.165) is 5.56 Å². The Morgan fingerprint density at radius 3 is 2.51 bits per heavy atom. The maximum Gasteiger partial charge on any atom is 0.342 e. The Hall–Kier alpha value is -4.02. The molecule has 1 aromatic heterocycles. The number of nitrogens with zero attached hydrogens (tertiary/aromatic N) is 1. The van der Waals surface area contributed by atoms with E-state index in [2.05, 4.69) is 5.32 Å². The number of methoxy groups -OCH3 is 2. The van der Waals surface area contributed by atoms with Crippen LogP contribution in [-0.4, -0.2) is 62.5 Å². The molecule has 11 heteroatoms. The summed E-state index contributed by atoms with van der Waals surface area (Å²) in [7, 11) is 3.11. The number of carbonyl (C=O) groups is 4. The summed E-state index contributed by atoms with van der Waals surface area (Å²) in [5, 5.41) is 2.51. The number of amides is 3. The predicted molar refractivity (Wildman–Crippen MR) is 124 cm³/mol. The molecular weight excluding hydrogens is 458 g/mol. The van der Waals surface area contributed by atoms with Crippen LogP contribution in [0.25, 0.3) is 0 Å². The van der Waals surface area contributed by atoms with Crippen LogP contribution in [0.4, 0.5) is 5.88 Å². The number of carbonyl (C=O) groups excluding carboxylic acids is 4. The standard InChI is InChI=1S/C24H29N3O8/c1-5-34-24(31)19-13(2)35-23(20(19)21(25)29)26-22(30)15-11-18(28)27(12-15)9-8-14-6-7-16(32-3)17(10-14)33-4/h6-7,10,15H,5,8-9,11-12H2,1-4H3,(H2,25,29)(H,26,30). The van der Waals surface area contributed by atoms with Crippen LogP contribution < -0.4 is 20.5 Å². The first-order valence-electron chi connectivity index (χ1n) is 11.1. The highest BCUT2D eigenvalue weighted by Crippen LogP contribution is 2.30. The second-order valence-electron chi connectivity index (χ2n) is 7.99. The van der Waals surface area contributed by atoms with Gasteiger partial charge in [0.25, 0.3) is 5.91 Å². The van der Waals surface area contributed by atoms with Gasteiger partial charge in [-0.1, -0.05) is 6.07 Å². The summed E-state index contributed by atoms with van der Waals surface area (Å²) in [5.41, 5.74) is 5.99. The van der Waals surface area contributed by atoms with Crippen LogP contribution in [0.5, 0.6) is 11.5 Å². The molecular formula is C24H29N3O8. The maximum absolute atomic E-state index is 12.9. The minimum Gasteiger partial charge on any atom is -0.493 e. The highest BCUT2D eigenvalue weighted by molar-refractivity contribution is 6.11. The van der Waals surface area contributed by atoms with Crippen molar-refractivity contribution in [1.29, 1.82) is 0 Å². The van der Waals surface area contributed by atoms with Gasteiger partial charge in [0.05, 0.1) is 26.7 Å². The summed E-state index contributed by atoms with van der Waals surface area (Å²) in [6.45, 7) is 3.79. The van der Waals surface area contributed by atoms with Gasteiger partial charge < -0.3 is 29.3 Å². The molecule has 11 nitrogen and oxygen atoms in total.